The standard InChI is InChI=1S/C30H44ClN2O8P/c1-8-33(9-2)30(34)29(31)23(3)41-42(35,37-7)40-22-39-27(20-32(4)5)21-38-28-16-11-10-14-25(28)18-17-24-13-12-15-26(19-24)36-6/h10-16,19,27H,8-9,17-18,20-22H2,1-7H3/b29-23+/t27-,42?/m0/s1. The molecular formula is C30H44ClN2O8P. The molecule has 0 saturated carbocycles. The minimum atomic E-state index is -4.12. The van der Waals surface area contributed by atoms with Crippen LogP contribution in [0.4, 0.5) is 0 Å². The van der Waals surface area contributed by atoms with Gasteiger partial charge < -0.3 is 28.5 Å². The number of para-hydroxylation sites is 1. The van der Waals surface area contributed by atoms with E-state index < -0.39 is 26.6 Å². The van der Waals surface area contributed by atoms with Gasteiger partial charge in [-0.25, -0.2) is 9.09 Å². The molecule has 42 heavy (non-hydrogen) atoms. The summed E-state index contributed by atoms with van der Waals surface area (Å²) in [6, 6.07) is 15.9. The molecule has 2 aromatic rings. The van der Waals surface area contributed by atoms with E-state index in [1.54, 1.807) is 7.11 Å². The molecular weight excluding hydrogens is 583 g/mol. The molecule has 0 fully saturated rings. The van der Waals surface area contributed by atoms with Gasteiger partial charge in [0, 0.05) is 26.7 Å². The molecule has 0 spiro atoms. The molecule has 0 aromatic heterocycles. The van der Waals surface area contributed by atoms with Crippen LogP contribution in [0.3, 0.4) is 0 Å². The van der Waals surface area contributed by atoms with Gasteiger partial charge in [-0.1, -0.05) is 41.9 Å². The Morgan fingerprint density at radius 2 is 1.74 bits per heavy atom. The fourth-order valence-corrected chi connectivity index (χ4v) is 5.08. The molecule has 0 aliphatic carbocycles. The van der Waals surface area contributed by atoms with Gasteiger partial charge in [0.25, 0.3) is 5.91 Å². The smallest absolute Gasteiger partial charge is 0.497 e. The highest BCUT2D eigenvalue weighted by molar-refractivity contribution is 7.48. The zero-order valence-corrected chi connectivity index (χ0v) is 27.3. The third-order valence-corrected chi connectivity index (χ3v) is 8.11. The van der Waals surface area contributed by atoms with Crippen molar-refractivity contribution in [2.75, 3.05) is 61.3 Å². The molecule has 1 unspecified atom stereocenters. The van der Waals surface area contributed by atoms with Crippen molar-refractivity contribution >= 4 is 25.3 Å². The first-order valence-corrected chi connectivity index (χ1v) is 15.6. The normalized spacial score (nSPS) is 14.1. The quantitative estimate of drug-likeness (QED) is 0.0818. The van der Waals surface area contributed by atoms with Crippen LogP contribution >= 0.6 is 19.4 Å². The SMILES string of the molecule is CCN(CC)C(=O)/C(Cl)=C(/C)OP(=O)(OC)OCO[C@H](COc1ccccc1CCc1cccc(OC)c1)CN(C)C. The lowest BCUT2D eigenvalue weighted by Crippen LogP contribution is -2.34. The molecule has 0 aliphatic rings. The van der Waals surface area contributed by atoms with Crippen LogP contribution in [0, 0.1) is 0 Å². The van der Waals surface area contributed by atoms with Crippen LogP contribution in [-0.2, 0) is 40.5 Å². The second-order valence-corrected chi connectivity index (χ2v) is 11.7. The van der Waals surface area contributed by atoms with Crippen molar-refractivity contribution in [3.63, 3.8) is 0 Å². The van der Waals surface area contributed by atoms with E-state index in [2.05, 4.69) is 6.07 Å². The number of carbonyl (C=O) groups excluding carboxylic acids is 1. The van der Waals surface area contributed by atoms with Gasteiger partial charge in [-0.05, 0) is 77.0 Å². The predicted molar refractivity (Wildman–Crippen MR) is 164 cm³/mol. The van der Waals surface area contributed by atoms with Crippen LogP contribution in [0.25, 0.3) is 0 Å². The lowest BCUT2D eigenvalue weighted by atomic mass is 10.0. The van der Waals surface area contributed by atoms with Crippen LogP contribution in [0.1, 0.15) is 31.9 Å². The van der Waals surface area contributed by atoms with Gasteiger partial charge in [0.05, 0.1) is 7.11 Å². The largest absolute Gasteiger partial charge is 0.531 e. The molecule has 2 atom stereocenters. The summed E-state index contributed by atoms with van der Waals surface area (Å²) in [5, 5.41) is -0.204. The number of hydrogen-bond acceptors (Lipinski definition) is 9. The van der Waals surface area contributed by atoms with Crippen molar-refractivity contribution in [3.05, 3.63) is 70.4 Å². The first-order valence-electron chi connectivity index (χ1n) is 13.8. The van der Waals surface area contributed by atoms with Crippen molar-refractivity contribution in [1.82, 2.24) is 9.80 Å². The van der Waals surface area contributed by atoms with Gasteiger partial charge in [0.1, 0.15) is 35.0 Å². The molecule has 2 rings (SSSR count). The maximum absolute atomic E-state index is 13.1. The van der Waals surface area contributed by atoms with Gasteiger partial charge in [0.2, 0.25) is 0 Å². The van der Waals surface area contributed by atoms with Crippen LogP contribution in [-0.4, -0.2) is 83.2 Å². The number of allylic oxidation sites excluding steroid dienone is 1. The highest BCUT2D eigenvalue weighted by atomic mass is 35.5. The molecule has 234 valence electrons. The summed E-state index contributed by atoms with van der Waals surface area (Å²) in [6.45, 7) is 6.34. The summed E-state index contributed by atoms with van der Waals surface area (Å²) in [6.07, 6.45) is 1.18. The summed E-state index contributed by atoms with van der Waals surface area (Å²) >= 11 is 6.19. The Kier molecular flexibility index (Phi) is 15.4. The van der Waals surface area contributed by atoms with Crippen LogP contribution in [0.15, 0.2) is 59.3 Å². The Morgan fingerprint density at radius 3 is 2.38 bits per heavy atom. The van der Waals surface area contributed by atoms with E-state index in [4.69, 9.17) is 39.4 Å². The topological polar surface area (TPSA) is 96.0 Å². The molecule has 0 bridgehead atoms. The Bertz CT molecular complexity index is 1210. The van der Waals surface area contributed by atoms with E-state index in [1.165, 1.54) is 24.5 Å². The maximum atomic E-state index is 13.1. The van der Waals surface area contributed by atoms with Gasteiger partial charge in [-0.2, -0.15) is 0 Å². The number of likely N-dealkylation sites (N-methyl/N-ethyl adjacent to an activating group) is 2. The Hall–Kier alpha value is -2.59. The lowest BCUT2D eigenvalue weighted by molar-refractivity contribution is -0.126. The first-order chi connectivity index (χ1) is 20.0. The lowest BCUT2D eigenvalue weighted by Gasteiger charge is -2.24. The fourth-order valence-electron chi connectivity index (χ4n) is 4.02. The summed E-state index contributed by atoms with van der Waals surface area (Å²) in [7, 11) is 2.53. The molecule has 0 N–H and O–H groups in total. The molecule has 0 aliphatic heterocycles. The van der Waals surface area contributed by atoms with Crippen molar-refractivity contribution in [2.45, 2.75) is 39.7 Å². The predicted octanol–water partition coefficient (Wildman–Crippen LogP) is 5.89. The summed E-state index contributed by atoms with van der Waals surface area (Å²) in [4.78, 5) is 16.0. The van der Waals surface area contributed by atoms with Crippen LogP contribution in [0.2, 0.25) is 0 Å². The second-order valence-electron chi connectivity index (χ2n) is 9.64. The van der Waals surface area contributed by atoms with E-state index in [1.807, 2.05) is 75.3 Å². The Balaban J connectivity index is 2.01. The number of halogens is 1. The molecule has 0 heterocycles. The molecule has 10 nitrogen and oxygen atoms in total. The molecule has 0 saturated heterocycles. The third-order valence-electron chi connectivity index (χ3n) is 6.32. The number of aryl methyl sites for hydroxylation is 2. The number of hydrogen-bond donors (Lipinski definition) is 0. The van der Waals surface area contributed by atoms with E-state index in [9.17, 15) is 9.36 Å². The van der Waals surface area contributed by atoms with Gasteiger partial charge in [-0.15, -0.1) is 0 Å². The zero-order valence-electron chi connectivity index (χ0n) is 25.6. The van der Waals surface area contributed by atoms with E-state index >= 15 is 0 Å². The number of carbonyl (C=O) groups is 1. The summed E-state index contributed by atoms with van der Waals surface area (Å²) in [5.41, 5.74) is 2.24. The number of nitrogens with zero attached hydrogens (tertiary/aromatic N) is 2. The zero-order chi connectivity index (χ0) is 31.1. The number of amides is 1. The van der Waals surface area contributed by atoms with Crippen molar-refractivity contribution in [1.29, 1.82) is 0 Å². The number of rotatable bonds is 19. The number of phosphoric acid groups is 1. The summed E-state index contributed by atoms with van der Waals surface area (Å²) < 4.78 is 46.2. The minimum absolute atomic E-state index is 0.0718. The number of methoxy groups -OCH3 is 1. The maximum Gasteiger partial charge on any atom is 0.531 e. The molecule has 2 aromatic carbocycles. The van der Waals surface area contributed by atoms with E-state index in [-0.39, 0.29) is 17.4 Å². The Labute approximate surface area is 255 Å². The third kappa shape index (κ3) is 11.6. The van der Waals surface area contributed by atoms with Crippen molar-refractivity contribution < 1.29 is 37.1 Å². The van der Waals surface area contributed by atoms with Gasteiger partial charge >= 0.3 is 7.82 Å². The summed E-state index contributed by atoms with van der Waals surface area (Å²) in [5.74, 6) is 1.07. The average molecular weight is 627 g/mol. The first kappa shape index (κ1) is 35.6. The molecule has 0 radical (unpaired) electrons. The van der Waals surface area contributed by atoms with Crippen LogP contribution in [0.5, 0.6) is 11.5 Å². The highest BCUT2D eigenvalue weighted by Crippen LogP contribution is 2.51. The van der Waals surface area contributed by atoms with Crippen molar-refractivity contribution in [2.24, 2.45) is 0 Å². The number of benzene rings is 2. The van der Waals surface area contributed by atoms with Crippen LogP contribution < -0.4 is 9.47 Å². The fraction of sp³-hybridized carbons (Fsp3) is 0.500. The van der Waals surface area contributed by atoms with Gasteiger partial charge in [-0.3, -0.25) is 9.32 Å². The Morgan fingerprint density at radius 1 is 1.02 bits per heavy atom. The number of phosphoric ester groups is 1. The second kappa shape index (κ2) is 18.2. The molecule has 12 heteroatoms. The average Bonchev–Trinajstić information content (AvgIpc) is 2.99. The highest BCUT2D eigenvalue weighted by Gasteiger charge is 2.30. The van der Waals surface area contributed by atoms with E-state index in [0.29, 0.717) is 19.6 Å². The van der Waals surface area contributed by atoms with Crippen molar-refractivity contribution in [3.8, 4) is 11.5 Å². The van der Waals surface area contributed by atoms with E-state index in [0.717, 1.165) is 29.9 Å². The minimum Gasteiger partial charge on any atom is -0.497 e. The van der Waals surface area contributed by atoms with Gasteiger partial charge in [0.15, 0.2) is 6.79 Å². The number of ether oxygens (including phenoxy) is 3. The molecule has 1 amide bonds. The monoisotopic (exact) mass is 626 g/mol.